The van der Waals surface area contributed by atoms with Crippen molar-refractivity contribution in [2.24, 2.45) is 0 Å². The fourth-order valence-electron chi connectivity index (χ4n) is 1.41. The maximum Gasteiger partial charge on any atom is 0.424 e. The minimum atomic E-state index is -7.76. The summed E-state index contributed by atoms with van der Waals surface area (Å²) in [7, 11) is 0. The smallest absolute Gasteiger partial charge is 0.204 e. The minimum Gasteiger partial charge on any atom is -0.204 e. The average Bonchev–Trinajstić information content (AvgIpc) is 2.30. The molecule has 0 amide bonds. The van der Waals surface area contributed by atoms with E-state index >= 15 is 0 Å². The van der Waals surface area contributed by atoms with Gasteiger partial charge in [-0.2, -0.15) is 70.2 Å². The second-order valence-electron chi connectivity index (χ2n) is 4.52. The van der Waals surface area contributed by atoms with Gasteiger partial charge in [-0.05, 0) is 0 Å². The molecule has 18 heteroatoms. The number of hydrogen-bond acceptors (Lipinski definition) is 0. The Morgan fingerprint density at radius 3 is 0.571 bits per heavy atom. The van der Waals surface area contributed by atoms with Crippen molar-refractivity contribution < 1.29 is 79.0 Å². The van der Waals surface area contributed by atoms with Crippen molar-refractivity contribution in [2.75, 3.05) is 0 Å². The lowest BCUT2D eigenvalue weighted by molar-refractivity contribution is -0.213. The Kier molecular flexibility index (Phi) is 6.48. The highest BCUT2D eigenvalue weighted by Gasteiger charge is 2.71. The maximum absolute atomic E-state index is 13.1. The van der Waals surface area contributed by atoms with Gasteiger partial charge in [0.1, 0.15) is 0 Å². The van der Waals surface area contributed by atoms with Crippen LogP contribution in [0.25, 0.3) is 0 Å². The topological polar surface area (TPSA) is 0 Å². The molecule has 0 aromatic heterocycles. The van der Waals surface area contributed by atoms with E-state index < -0.39 is 59.4 Å². The molecule has 28 heavy (non-hydrogen) atoms. The van der Waals surface area contributed by atoms with Crippen LogP contribution < -0.4 is 0 Å². The van der Waals surface area contributed by atoms with Crippen molar-refractivity contribution in [1.82, 2.24) is 0 Å². The predicted molar refractivity (Wildman–Crippen MR) is 50.4 cm³/mol. The van der Waals surface area contributed by atoms with E-state index in [1.54, 1.807) is 0 Å². The standard InChI is InChI=1S/C10F18/c11-3(1(7(17,18)19)8(20,21)22)5(13,14)6(15,16)4(12)2(9(23,24)25)10(26,27)28. The van der Waals surface area contributed by atoms with Crippen molar-refractivity contribution in [1.29, 1.82) is 0 Å². The van der Waals surface area contributed by atoms with Crippen LogP contribution in [-0.2, 0) is 0 Å². The molecule has 0 rings (SSSR count). The van der Waals surface area contributed by atoms with Crippen molar-refractivity contribution in [2.45, 2.75) is 36.6 Å². The zero-order valence-corrected chi connectivity index (χ0v) is 11.8. The zero-order valence-electron chi connectivity index (χ0n) is 11.8. The molecule has 0 saturated heterocycles. The molecule has 0 radical (unpaired) electrons. The molecule has 0 unspecified atom stereocenters. The first-order valence-electron chi connectivity index (χ1n) is 5.65. The Morgan fingerprint density at radius 1 is 0.321 bits per heavy atom. The van der Waals surface area contributed by atoms with Gasteiger partial charge < -0.3 is 0 Å². The third kappa shape index (κ3) is 4.98. The van der Waals surface area contributed by atoms with E-state index in [1.807, 2.05) is 0 Å². The zero-order chi connectivity index (χ0) is 23.3. The number of allylic oxidation sites excluding steroid dienone is 4. The molecule has 0 bridgehead atoms. The summed E-state index contributed by atoms with van der Waals surface area (Å²) < 4.78 is 223. The van der Waals surface area contributed by atoms with Gasteiger partial charge in [-0.1, -0.05) is 0 Å². The van der Waals surface area contributed by atoms with Crippen LogP contribution in [0, 0.1) is 0 Å². The van der Waals surface area contributed by atoms with E-state index in [0.29, 0.717) is 0 Å². The van der Waals surface area contributed by atoms with Gasteiger partial charge in [-0.25, -0.2) is 8.78 Å². The number of alkyl halides is 16. The molecule has 0 aliphatic carbocycles. The third-order valence-electron chi connectivity index (χ3n) is 2.52. The van der Waals surface area contributed by atoms with E-state index in [2.05, 4.69) is 0 Å². The lowest BCUT2D eigenvalue weighted by atomic mass is 10.0. The molecule has 166 valence electrons. The van der Waals surface area contributed by atoms with E-state index in [0.717, 1.165) is 0 Å². The fourth-order valence-corrected chi connectivity index (χ4v) is 1.41. The van der Waals surface area contributed by atoms with Gasteiger partial charge in [-0.3, -0.25) is 0 Å². The molecular weight excluding hydrogens is 462 g/mol. The summed E-state index contributed by atoms with van der Waals surface area (Å²) in [6, 6.07) is 0. The first kappa shape index (κ1) is 26.2. The minimum absolute atomic E-state index is 5.03. The van der Waals surface area contributed by atoms with Gasteiger partial charge in [0.25, 0.3) is 0 Å². The van der Waals surface area contributed by atoms with Crippen molar-refractivity contribution in [3.05, 3.63) is 22.8 Å². The van der Waals surface area contributed by atoms with Crippen LogP contribution in [0.3, 0.4) is 0 Å². The van der Waals surface area contributed by atoms with E-state index in [1.165, 1.54) is 0 Å². The molecule has 0 spiro atoms. The highest BCUT2D eigenvalue weighted by molar-refractivity contribution is 5.33. The Labute approximate surface area is 140 Å². The lowest BCUT2D eigenvalue weighted by Crippen LogP contribution is -2.46. The van der Waals surface area contributed by atoms with Crippen LogP contribution in [0.1, 0.15) is 0 Å². The highest BCUT2D eigenvalue weighted by Crippen LogP contribution is 2.54. The Hall–Kier alpha value is -1.78. The molecule has 0 atom stereocenters. The molecule has 0 aliphatic heterocycles. The molecule has 0 aromatic rings. The van der Waals surface area contributed by atoms with Crippen molar-refractivity contribution in [3.63, 3.8) is 0 Å². The van der Waals surface area contributed by atoms with Crippen LogP contribution in [-0.4, -0.2) is 36.6 Å². The summed E-state index contributed by atoms with van der Waals surface area (Å²) in [6.45, 7) is 0. The summed E-state index contributed by atoms with van der Waals surface area (Å²) >= 11 is 0. The van der Waals surface area contributed by atoms with E-state index in [-0.39, 0.29) is 0 Å². The molecule has 0 aromatic carbocycles. The van der Waals surface area contributed by atoms with E-state index in [4.69, 9.17) is 0 Å². The normalized spacial score (nSPS) is 14.8. The summed E-state index contributed by atoms with van der Waals surface area (Å²) in [5.41, 5.74) is -10.1. The van der Waals surface area contributed by atoms with Gasteiger partial charge in [-0.15, -0.1) is 0 Å². The first-order chi connectivity index (χ1) is 11.8. The van der Waals surface area contributed by atoms with E-state index in [9.17, 15) is 79.0 Å². The first-order valence-corrected chi connectivity index (χ1v) is 5.65. The van der Waals surface area contributed by atoms with Gasteiger partial charge in [0.15, 0.2) is 22.8 Å². The number of hydrogen-bond donors (Lipinski definition) is 0. The van der Waals surface area contributed by atoms with Crippen LogP contribution in [0.4, 0.5) is 79.0 Å². The monoisotopic (exact) mass is 462 g/mol. The molecule has 0 nitrogen and oxygen atoms in total. The molecule has 0 saturated carbocycles. The summed E-state index contributed by atoms with van der Waals surface area (Å²) in [5, 5.41) is 0. The van der Waals surface area contributed by atoms with Gasteiger partial charge >= 0.3 is 36.6 Å². The summed E-state index contributed by atoms with van der Waals surface area (Å²) in [6.07, 6.45) is -28.9. The molecular formula is C10F18. The average molecular weight is 462 g/mol. The van der Waals surface area contributed by atoms with Crippen LogP contribution in [0.15, 0.2) is 22.8 Å². The maximum atomic E-state index is 13.1. The SMILES string of the molecule is FC(=C(C(F)(F)F)C(F)(F)F)C(F)(F)C(F)(F)C(F)=C(C(F)(F)F)C(F)(F)F. The molecule has 0 aliphatic rings. The third-order valence-corrected chi connectivity index (χ3v) is 2.52. The number of halogens is 18. The summed E-state index contributed by atoms with van der Waals surface area (Å²) in [5.74, 6) is -26.0. The van der Waals surface area contributed by atoms with Crippen molar-refractivity contribution >= 4 is 0 Å². The van der Waals surface area contributed by atoms with Gasteiger partial charge in [0.05, 0.1) is 0 Å². The number of rotatable bonds is 3. The van der Waals surface area contributed by atoms with Crippen LogP contribution in [0.5, 0.6) is 0 Å². The Bertz CT molecular complexity index is 554. The van der Waals surface area contributed by atoms with Crippen LogP contribution >= 0.6 is 0 Å². The van der Waals surface area contributed by atoms with Gasteiger partial charge in [0.2, 0.25) is 0 Å². The highest BCUT2D eigenvalue weighted by atomic mass is 19.4. The lowest BCUT2D eigenvalue weighted by Gasteiger charge is -2.28. The second kappa shape index (κ2) is 6.93. The molecule has 0 N–H and O–H groups in total. The predicted octanol–water partition coefficient (Wildman–Crippen LogP) is 6.95. The fraction of sp³-hybridized carbons (Fsp3) is 0.600. The van der Waals surface area contributed by atoms with Crippen molar-refractivity contribution in [3.8, 4) is 0 Å². The molecule has 0 heterocycles. The summed E-state index contributed by atoms with van der Waals surface area (Å²) in [4.78, 5) is 0. The quantitative estimate of drug-likeness (QED) is 0.399. The Morgan fingerprint density at radius 2 is 0.464 bits per heavy atom. The largest absolute Gasteiger partial charge is 0.424 e. The second-order valence-corrected chi connectivity index (χ2v) is 4.52. The Balaban J connectivity index is 7.09. The van der Waals surface area contributed by atoms with Crippen LogP contribution in [0.2, 0.25) is 0 Å². The van der Waals surface area contributed by atoms with Gasteiger partial charge in [0, 0.05) is 0 Å². The molecule has 0 fully saturated rings.